The highest BCUT2D eigenvalue weighted by Crippen LogP contribution is 2.25. The van der Waals surface area contributed by atoms with E-state index in [1.165, 1.54) is 24.4 Å². The van der Waals surface area contributed by atoms with Crippen molar-refractivity contribution < 1.29 is 9.50 Å². The number of hydrogen-bond acceptors (Lipinski definition) is 4. The van der Waals surface area contributed by atoms with E-state index in [-0.39, 0.29) is 28.2 Å². The molecular weight excluding hydrogens is 353 g/mol. The highest BCUT2D eigenvalue weighted by molar-refractivity contribution is 9.10. The Kier molecular flexibility index (Phi) is 4.74. The van der Waals surface area contributed by atoms with E-state index in [2.05, 4.69) is 26.3 Å². The first kappa shape index (κ1) is 15.0. The molecule has 1 heterocycles. The Morgan fingerprint density at radius 2 is 2.25 bits per heavy atom. The van der Waals surface area contributed by atoms with Gasteiger partial charge in [-0.1, -0.05) is 11.6 Å². The average molecular weight is 363 g/mol. The quantitative estimate of drug-likeness (QED) is 0.877. The molecule has 2 N–H and O–H groups in total. The molecule has 8 heteroatoms. The fourth-order valence-electron chi connectivity index (χ4n) is 1.54. The van der Waals surface area contributed by atoms with Crippen LogP contribution in [0.1, 0.15) is 0 Å². The van der Waals surface area contributed by atoms with Crippen LogP contribution in [0.2, 0.25) is 5.02 Å². The Balaban J connectivity index is 2.32. The predicted molar refractivity (Wildman–Crippen MR) is 78.0 cm³/mol. The Labute approximate surface area is 127 Å². The van der Waals surface area contributed by atoms with Crippen LogP contribution in [0.25, 0.3) is 0 Å². The minimum Gasteiger partial charge on any atom is -0.394 e. The summed E-state index contributed by atoms with van der Waals surface area (Å²) in [5, 5.41) is 15.6. The van der Waals surface area contributed by atoms with Crippen molar-refractivity contribution in [3.05, 3.63) is 50.1 Å². The molecule has 0 amide bonds. The molecule has 0 aliphatic heterocycles. The van der Waals surface area contributed by atoms with Gasteiger partial charge in [0.15, 0.2) is 0 Å². The van der Waals surface area contributed by atoms with Gasteiger partial charge in [-0.05, 0) is 34.1 Å². The molecule has 0 saturated carbocycles. The molecule has 0 fully saturated rings. The molecular formula is C12H10BrClFN3O2. The van der Waals surface area contributed by atoms with Crippen LogP contribution in [-0.4, -0.2) is 21.5 Å². The van der Waals surface area contributed by atoms with Crippen LogP contribution in [0.4, 0.5) is 15.8 Å². The van der Waals surface area contributed by atoms with Gasteiger partial charge in [-0.3, -0.25) is 4.79 Å². The number of hydrogen-bond donors (Lipinski definition) is 2. The predicted octanol–water partition coefficient (Wildman–Crippen LogP) is 2.53. The first-order valence-electron chi connectivity index (χ1n) is 5.61. The van der Waals surface area contributed by atoms with Crippen molar-refractivity contribution in [2.45, 2.75) is 6.54 Å². The number of aromatic nitrogens is 2. The smallest absolute Gasteiger partial charge is 0.283 e. The third kappa shape index (κ3) is 3.17. The molecule has 106 valence electrons. The lowest BCUT2D eigenvalue weighted by Gasteiger charge is -2.10. The van der Waals surface area contributed by atoms with E-state index in [1.807, 2.05) is 0 Å². The summed E-state index contributed by atoms with van der Waals surface area (Å²) in [6.07, 6.45) is 1.43. The summed E-state index contributed by atoms with van der Waals surface area (Å²) in [5.74, 6) is -0.521. The number of halogens is 3. The first-order valence-corrected chi connectivity index (χ1v) is 6.78. The summed E-state index contributed by atoms with van der Waals surface area (Å²) in [4.78, 5) is 11.9. The molecule has 2 aromatic rings. The Morgan fingerprint density at radius 3 is 2.90 bits per heavy atom. The lowest BCUT2D eigenvalue weighted by molar-refractivity contribution is 0.266. The van der Waals surface area contributed by atoms with E-state index in [0.717, 1.165) is 4.68 Å². The molecule has 1 aromatic heterocycles. The molecule has 0 saturated heterocycles. The molecule has 20 heavy (non-hydrogen) atoms. The zero-order valence-corrected chi connectivity index (χ0v) is 12.4. The Hall–Kier alpha value is -1.44. The van der Waals surface area contributed by atoms with Crippen molar-refractivity contribution in [1.82, 2.24) is 9.78 Å². The third-order valence-corrected chi connectivity index (χ3v) is 3.55. The normalized spacial score (nSPS) is 10.6. The Morgan fingerprint density at radius 1 is 1.50 bits per heavy atom. The molecule has 0 spiro atoms. The average Bonchev–Trinajstić information content (AvgIpc) is 2.42. The summed E-state index contributed by atoms with van der Waals surface area (Å²) in [6.45, 7) is -0.0697. The number of nitrogens with one attached hydrogen (secondary N) is 1. The Bertz CT molecular complexity index is 693. The van der Waals surface area contributed by atoms with Gasteiger partial charge in [-0.15, -0.1) is 0 Å². The van der Waals surface area contributed by atoms with Crippen LogP contribution >= 0.6 is 27.5 Å². The number of aliphatic hydroxyl groups excluding tert-OH is 1. The second-order valence-corrected chi connectivity index (χ2v) is 5.08. The maximum Gasteiger partial charge on any atom is 0.283 e. The summed E-state index contributed by atoms with van der Waals surface area (Å²) >= 11 is 8.85. The molecule has 0 aliphatic carbocycles. The van der Waals surface area contributed by atoms with E-state index in [4.69, 9.17) is 16.7 Å². The van der Waals surface area contributed by atoms with Gasteiger partial charge in [0, 0.05) is 5.69 Å². The van der Waals surface area contributed by atoms with Crippen molar-refractivity contribution in [3.63, 3.8) is 0 Å². The maximum atomic E-state index is 13.1. The number of aliphatic hydroxyl groups is 1. The van der Waals surface area contributed by atoms with Crippen LogP contribution in [0.5, 0.6) is 0 Å². The van der Waals surface area contributed by atoms with E-state index in [1.54, 1.807) is 0 Å². The van der Waals surface area contributed by atoms with Crippen molar-refractivity contribution in [2.75, 3.05) is 11.9 Å². The van der Waals surface area contributed by atoms with Crippen molar-refractivity contribution in [3.8, 4) is 0 Å². The second kappa shape index (κ2) is 6.34. The van der Waals surface area contributed by atoms with Gasteiger partial charge in [0.2, 0.25) is 0 Å². The van der Waals surface area contributed by atoms with E-state index in [9.17, 15) is 9.18 Å². The maximum absolute atomic E-state index is 13.1. The van der Waals surface area contributed by atoms with E-state index in [0.29, 0.717) is 11.4 Å². The molecule has 0 aliphatic rings. The molecule has 0 unspecified atom stereocenters. The zero-order chi connectivity index (χ0) is 14.7. The van der Waals surface area contributed by atoms with Gasteiger partial charge in [0.1, 0.15) is 10.3 Å². The number of rotatable bonds is 4. The lowest BCUT2D eigenvalue weighted by atomic mass is 10.3. The monoisotopic (exact) mass is 361 g/mol. The summed E-state index contributed by atoms with van der Waals surface area (Å²) in [6, 6.07) is 4.12. The van der Waals surface area contributed by atoms with E-state index >= 15 is 0 Å². The molecule has 1 aromatic carbocycles. The fraction of sp³-hybridized carbons (Fsp3) is 0.167. The highest BCUT2D eigenvalue weighted by atomic mass is 79.9. The highest BCUT2D eigenvalue weighted by Gasteiger charge is 2.09. The van der Waals surface area contributed by atoms with Crippen LogP contribution in [-0.2, 0) is 6.54 Å². The first-order chi connectivity index (χ1) is 9.52. The summed E-state index contributed by atoms with van der Waals surface area (Å²) in [5.41, 5.74) is 0.572. The molecule has 0 bridgehead atoms. The van der Waals surface area contributed by atoms with Crippen LogP contribution in [0, 0.1) is 5.82 Å². The van der Waals surface area contributed by atoms with Crippen LogP contribution in [0.3, 0.4) is 0 Å². The lowest BCUT2D eigenvalue weighted by Crippen LogP contribution is -2.25. The molecule has 0 radical (unpaired) electrons. The van der Waals surface area contributed by atoms with Crippen molar-refractivity contribution in [1.29, 1.82) is 0 Å². The van der Waals surface area contributed by atoms with Gasteiger partial charge in [0.05, 0.1) is 30.1 Å². The molecule has 2 rings (SSSR count). The fourth-order valence-corrected chi connectivity index (χ4v) is 2.12. The van der Waals surface area contributed by atoms with Gasteiger partial charge in [-0.2, -0.15) is 5.10 Å². The molecule has 5 nitrogen and oxygen atoms in total. The van der Waals surface area contributed by atoms with Gasteiger partial charge >= 0.3 is 0 Å². The van der Waals surface area contributed by atoms with E-state index < -0.39 is 5.82 Å². The number of benzene rings is 1. The zero-order valence-electron chi connectivity index (χ0n) is 10.1. The number of anilines is 2. The number of nitrogens with zero attached hydrogens (tertiary/aromatic N) is 2. The standard InChI is InChI=1S/C12H10BrClFN3O2/c13-11-10(6-16-18(3-4-19)12(11)20)17-7-1-2-9(15)8(14)5-7/h1-2,5-6,17,19H,3-4H2. The van der Waals surface area contributed by atoms with Gasteiger partial charge in [-0.25, -0.2) is 9.07 Å². The van der Waals surface area contributed by atoms with Crippen LogP contribution < -0.4 is 10.9 Å². The minimum atomic E-state index is -0.521. The topological polar surface area (TPSA) is 67.2 Å². The second-order valence-electron chi connectivity index (χ2n) is 3.88. The van der Waals surface area contributed by atoms with Gasteiger partial charge in [0.25, 0.3) is 5.56 Å². The molecule has 0 atom stereocenters. The van der Waals surface area contributed by atoms with Crippen LogP contribution in [0.15, 0.2) is 33.7 Å². The SMILES string of the molecule is O=c1c(Br)c(Nc2ccc(F)c(Cl)c2)cnn1CCO. The summed E-state index contributed by atoms with van der Waals surface area (Å²) < 4.78 is 14.5. The van der Waals surface area contributed by atoms with Crippen molar-refractivity contribution >= 4 is 38.9 Å². The minimum absolute atomic E-state index is 0.0206. The third-order valence-electron chi connectivity index (χ3n) is 2.50. The van der Waals surface area contributed by atoms with Crippen molar-refractivity contribution in [2.24, 2.45) is 0 Å². The van der Waals surface area contributed by atoms with Gasteiger partial charge < -0.3 is 10.4 Å². The summed E-state index contributed by atoms with van der Waals surface area (Å²) in [7, 11) is 0. The largest absolute Gasteiger partial charge is 0.394 e.